The van der Waals surface area contributed by atoms with Gasteiger partial charge in [-0.1, -0.05) is 11.6 Å². The number of carbonyl (C=O) groups is 2. The molecular weight excluding hydrogens is 304 g/mol. The standard InChI is InChI=1S/C15H17ClN4O2/c1-9-12(13(18-20(9)4)15(22)19(2)3)17-14(21)10-5-7-11(16)8-6-10/h5-8H,1-4H3,(H,17,21). The van der Waals surface area contributed by atoms with Crippen LogP contribution in [0.4, 0.5) is 5.69 Å². The van der Waals surface area contributed by atoms with Crippen LogP contribution in [-0.4, -0.2) is 40.6 Å². The number of nitrogens with one attached hydrogen (secondary N) is 1. The van der Waals surface area contributed by atoms with Crippen LogP contribution >= 0.6 is 11.6 Å². The summed E-state index contributed by atoms with van der Waals surface area (Å²) in [4.78, 5) is 25.9. The molecule has 116 valence electrons. The number of carbonyl (C=O) groups excluding carboxylic acids is 2. The Bertz CT molecular complexity index is 720. The maximum absolute atomic E-state index is 12.3. The molecule has 6 nitrogen and oxygen atoms in total. The number of benzene rings is 1. The molecule has 0 aliphatic carbocycles. The average Bonchev–Trinajstić information content (AvgIpc) is 2.75. The first kappa shape index (κ1) is 16.0. The molecule has 7 heteroatoms. The predicted octanol–water partition coefficient (Wildman–Crippen LogP) is 2.34. The van der Waals surface area contributed by atoms with Crippen molar-refractivity contribution < 1.29 is 9.59 Å². The molecule has 0 unspecified atom stereocenters. The van der Waals surface area contributed by atoms with Crippen molar-refractivity contribution >= 4 is 29.1 Å². The maximum Gasteiger partial charge on any atom is 0.276 e. The van der Waals surface area contributed by atoms with Crippen LogP contribution in [0.5, 0.6) is 0 Å². The third-order valence-corrected chi connectivity index (χ3v) is 3.54. The Morgan fingerprint density at radius 1 is 1.23 bits per heavy atom. The summed E-state index contributed by atoms with van der Waals surface area (Å²) in [6.45, 7) is 1.79. The number of halogens is 1. The second kappa shape index (κ2) is 6.19. The molecule has 2 rings (SSSR count). The first-order chi connectivity index (χ1) is 10.3. The van der Waals surface area contributed by atoms with Crippen LogP contribution < -0.4 is 5.32 Å². The molecule has 0 atom stereocenters. The van der Waals surface area contributed by atoms with E-state index in [-0.39, 0.29) is 17.5 Å². The summed E-state index contributed by atoms with van der Waals surface area (Å²) in [7, 11) is 4.99. The van der Waals surface area contributed by atoms with E-state index in [1.54, 1.807) is 57.0 Å². The molecule has 1 aromatic carbocycles. The van der Waals surface area contributed by atoms with Gasteiger partial charge in [0.15, 0.2) is 5.69 Å². The number of amides is 2. The van der Waals surface area contributed by atoms with Gasteiger partial charge < -0.3 is 10.2 Å². The van der Waals surface area contributed by atoms with E-state index in [9.17, 15) is 9.59 Å². The second-order valence-electron chi connectivity index (χ2n) is 5.09. The smallest absolute Gasteiger partial charge is 0.276 e. The Labute approximate surface area is 133 Å². The first-order valence-electron chi connectivity index (χ1n) is 6.63. The molecule has 0 radical (unpaired) electrons. The summed E-state index contributed by atoms with van der Waals surface area (Å²) in [6, 6.07) is 6.52. The number of anilines is 1. The van der Waals surface area contributed by atoms with Crippen LogP contribution in [0, 0.1) is 6.92 Å². The molecule has 2 amide bonds. The van der Waals surface area contributed by atoms with Crippen LogP contribution in [0.1, 0.15) is 26.5 Å². The fraction of sp³-hybridized carbons (Fsp3) is 0.267. The lowest BCUT2D eigenvalue weighted by atomic mass is 10.2. The Morgan fingerprint density at radius 3 is 2.36 bits per heavy atom. The number of nitrogens with zero attached hydrogens (tertiary/aromatic N) is 3. The van der Waals surface area contributed by atoms with E-state index in [4.69, 9.17) is 11.6 Å². The van der Waals surface area contributed by atoms with Crippen molar-refractivity contribution in [3.05, 3.63) is 46.2 Å². The number of rotatable bonds is 3. The molecule has 0 aliphatic heterocycles. The molecule has 1 aromatic heterocycles. The molecule has 0 saturated carbocycles. The molecule has 22 heavy (non-hydrogen) atoms. The lowest BCUT2D eigenvalue weighted by Crippen LogP contribution is -2.24. The Balaban J connectivity index is 2.34. The average molecular weight is 321 g/mol. The highest BCUT2D eigenvalue weighted by molar-refractivity contribution is 6.30. The third-order valence-electron chi connectivity index (χ3n) is 3.29. The summed E-state index contributed by atoms with van der Waals surface area (Å²) in [5, 5.41) is 7.49. The maximum atomic E-state index is 12.3. The van der Waals surface area contributed by atoms with E-state index in [2.05, 4.69) is 10.4 Å². The summed E-state index contributed by atoms with van der Waals surface area (Å²) in [5.41, 5.74) is 1.79. The SMILES string of the molecule is Cc1c(NC(=O)c2ccc(Cl)cc2)c(C(=O)N(C)C)nn1C. The van der Waals surface area contributed by atoms with E-state index in [1.165, 1.54) is 4.90 Å². The van der Waals surface area contributed by atoms with E-state index < -0.39 is 0 Å². The second-order valence-corrected chi connectivity index (χ2v) is 5.53. The van der Waals surface area contributed by atoms with E-state index in [0.29, 0.717) is 22.0 Å². The Hall–Kier alpha value is -2.34. The van der Waals surface area contributed by atoms with Crippen LogP contribution in [0.3, 0.4) is 0 Å². The lowest BCUT2D eigenvalue weighted by molar-refractivity contribution is 0.0822. The summed E-state index contributed by atoms with van der Waals surface area (Å²) < 4.78 is 1.56. The van der Waals surface area contributed by atoms with E-state index in [0.717, 1.165) is 0 Å². The normalized spacial score (nSPS) is 10.4. The molecule has 0 spiro atoms. The van der Waals surface area contributed by atoms with Crippen molar-refractivity contribution in [2.75, 3.05) is 19.4 Å². The minimum absolute atomic E-state index is 0.215. The van der Waals surface area contributed by atoms with Crippen molar-refractivity contribution in [1.82, 2.24) is 14.7 Å². The third kappa shape index (κ3) is 3.12. The van der Waals surface area contributed by atoms with E-state index in [1.807, 2.05) is 0 Å². The molecule has 0 saturated heterocycles. The van der Waals surface area contributed by atoms with Gasteiger partial charge in [-0.25, -0.2) is 0 Å². The minimum Gasteiger partial charge on any atom is -0.343 e. The van der Waals surface area contributed by atoms with Gasteiger partial charge >= 0.3 is 0 Å². The molecule has 2 aromatic rings. The monoisotopic (exact) mass is 320 g/mol. The highest BCUT2D eigenvalue weighted by atomic mass is 35.5. The molecule has 0 bridgehead atoms. The topological polar surface area (TPSA) is 67.2 Å². The van der Waals surface area contributed by atoms with Crippen LogP contribution in [0.2, 0.25) is 5.02 Å². The largest absolute Gasteiger partial charge is 0.343 e. The fourth-order valence-corrected chi connectivity index (χ4v) is 2.03. The van der Waals surface area contributed by atoms with Crippen molar-refractivity contribution in [1.29, 1.82) is 0 Å². The van der Waals surface area contributed by atoms with Gasteiger partial charge in [-0.2, -0.15) is 5.10 Å². The summed E-state index contributed by atoms with van der Waals surface area (Å²) >= 11 is 5.81. The Morgan fingerprint density at radius 2 is 1.82 bits per heavy atom. The predicted molar refractivity (Wildman–Crippen MR) is 85.4 cm³/mol. The van der Waals surface area contributed by atoms with Gasteiger partial charge in [-0.05, 0) is 31.2 Å². The van der Waals surface area contributed by atoms with Crippen LogP contribution in [0.15, 0.2) is 24.3 Å². The Kier molecular flexibility index (Phi) is 4.51. The minimum atomic E-state index is -0.319. The highest BCUT2D eigenvalue weighted by Gasteiger charge is 2.22. The van der Waals surface area contributed by atoms with Crippen molar-refractivity contribution in [2.24, 2.45) is 7.05 Å². The van der Waals surface area contributed by atoms with E-state index >= 15 is 0 Å². The van der Waals surface area contributed by atoms with Gasteiger partial charge in [-0.3, -0.25) is 14.3 Å². The van der Waals surface area contributed by atoms with Crippen LogP contribution in [0.25, 0.3) is 0 Å². The number of hydrogen-bond acceptors (Lipinski definition) is 3. The molecular formula is C15H17ClN4O2. The molecule has 1 heterocycles. The van der Waals surface area contributed by atoms with Gasteiger partial charge in [-0.15, -0.1) is 0 Å². The number of aryl methyl sites for hydroxylation is 1. The quantitative estimate of drug-likeness (QED) is 0.944. The van der Waals surface area contributed by atoms with Gasteiger partial charge in [0.05, 0.1) is 11.4 Å². The highest BCUT2D eigenvalue weighted by Crippen LogP contribution is 2.22. The van der Waals surface area contributed by atoms with Gasteiger partial charge in [0.2, 0.25) is 0 Å². The zero-order chi connectivity index (χ0) is 16.4. The number of aromatic nitrogens is 2. The van der Waals surface area contributed by atoms with Gasteiger partial charge in [0.1, 0.15) is 0 Å². The van der Waals surface area contributed by atoms with Crippen molar-refractivity contribution in [3.8, 4) is 0 Å². The van der Waals surface area contributed by atoms with Gasteiger partial charge in [0, 0.05) is 31.7 Å². The van der Waals surface area contributed by atoms with Gasteiger partial charge in [0.25, 0.3) is 11.8 Å². The fourth-order valence-electron chi connectivity index (χ4n) is 1.91. The summed E-state index contributed by atoms with van der Waals surface area (Å²) in [5.74, 6) is -0.587. The van der Waals surface area contributed by atoms with Crippen LogP contribution in [-0.2, 0) is 7.05 Å². The first-order valence-corrected chi connectivity index (χ1v) is 7.01. The molecule has 0 aliphatic rings. The number of hydrogen-bond donors (Lipinski definition) is 1. The van der Waals surface area contributed by atoms with Crippen molar-refractivity contribution in [3.63, 3.8) is 0 Å². The zero-order valence-corrected chi connectivity index (χ0v) is 13.6. The molecule has 1 N–H and O–H groups in total. The molecule has 0 fully saturated rings. The lowest BCUT2D eigenvalue weighted by Gasteiger charge is -2.11. The van der Waals surface area contributed by atoms with Crippen molar-refractivity contribution in [2.45, 2.75) is 6.92 Å². The zero-order valence-electron chi connectivity index (χ0n) is 12.8. The summed E-state index contributed by atoms with van der Waals surface area (Å²) in [6.07, 6.45) is 0.